The zero-order valence-corrected chi connectivity index (χ0v) is 20.8. The summed E-state index contributed by atoms with van der Waals surface area (Å²) in [4.78, 5) is 14.3. The predicted molar refractivity (Wildman–Crippen MR) is 134 cm³/mol. The molecule has 0 bridgehead atoms. The minimum absolute atomic E-state index is 0.0994. The molecule has 0 aliphatic heterocycles. The van der Waals surface area contributed by atoms with Gasteiger partial charge in [0.05, 0.1) is 18.2 Å². The van der Waals surface area contributed by atoms with E-state index in [1.165, 1.54) is 22.3 Å². The molecule has 0 aliphatic rings. The van der Waals surface area contributed by atoms with Crippen molar-refractivity contribution in [2.45, 2.75) is 65.8 Å². The molecule has 0 radical (unpaired) electrons. The lowest BCUT2D eigenvalue weighted by atomic mass is 9.84. The second-order valence-electron chi connectivity index (χ2n) is 10.2. The summed E-state index contributed by atoms with van der Waals surface area (Å²) in [6.07, 6.45) is 7.41. The maximum absolute atomic E-state index is 4.98. The van der Waals surface area contributed by atoms with Crippen LogP contribution in [0.4, 0.5) is 5.95 Å². The van der Waals surface area contributed by atoms with E-state index in [2.05, 4.69) is 79.7 Å². The van der Waals surface area contributed by atoms with Crippen LogP contribution in [0.15, 0.2) is 36.9 Å². The van der Waals surface area contributed by atoms with Crippen molar-refractivity contribution >= 4 is 17.1 Å². The highest BCUT2D eigenvalue weighted by atomic mass is 15.2. The number of aromatic nitrogens is 6. The molecule has 3 heterocycles. The third-order valence-electron chi connectivity index (χ3n) is 6.08. The van der Waals surface area contributed by atoms with Gasteiger partial charge in [-0.3, -0.25) is 4.68 Å². The van der Waals surface area contributed by atoms with Crippen molar-refractivity contribution in [2.75, 3.05) is 11.9 Å². The molecule has 0 spiro atoms. The quantitative estimate of drug-likeness (QED) is 0.434. The molecule has 1 N–H and O–H groups in total. The highest BCUT2D eigenvalue weighted by Crippen LogP contribution is 2.28. The first kappa shape index (κ1) is 23.0. The van der Waals surface area contributed by atoms with Crippen molar-refractivity contribution in [3.8, 4) is 0 Å². The molecule has 0 amide bonds. The van der Waals surface area contributed by atoms with Gasteiger partial charge in [-0.1, -0.05) is 39.0 Å². The maximum Gasteiger partial charge on any atom is 0.225 e. The van der Waals surface area contributed by atoms with Crippen molar-refractivity contribution in [2.24, 2.45) is 7.05 Å². The molecule has 4 rings (SSSR count). The Labute approximate surface area is 196 Å². The Morgan fingerprint density at radius 1 is 1.12 bits per heavy atom. The van der Waals surface area contributed by atoms with E-state index < -0.39 is 0 Å². The number of hydrogen-bond donors (Lipinski definition) is 1. The smallest absolute Gasteiger partial charge is 0.225 e. The summed E-state index contributed by atoms with van der Waals surface area (Å²) in [5.74, 6) is 0.625. The van der Waals surface area contributed by atoms with E-state index in [9.17, 15) is 0 Å². The topological polar surface area (TPSA) is 73.5 Å². The zero-order valence-electron chi connectivity index (χ0n) is 20.8. The molecule has 0 aliphatic carbocycles. The third kappa shape index (κ3) is 5.07. The molecule has 7 nitrogen and oxygen atoms in total. The molecule has 174 valence electrons. The first-order valence-corrected chi connectivity index (χ1v) is 11.7. The molecular formula is C26H35N7. The molecular weight excluding hydrogens is 410 g/mol. The molecule has 1 aromatic carbocycles. The molecule has 33 heavy (non-hydrogen) atoms. The van der Waals surface area contributed by atoms with Gasteiger partial charge in [0.25, 0.3) is 0 Å². The summed E-state index contributed by atoms with van der Waals surface area (Å²) in [6, 6.07) is 7.07. The van der Waals surface area contributed by atoms with Crippen molar-refractivity contribution in [3.63, 3.8) is 0 Å². The van der Waals surface area contributed by atoms with Gasteiger partial charge in [0.1, 0.15) is 5.52 Å². The number of nitrogens with one attached hydrogen (secondary N) is 1. The number of rotatable bonds is 7. The number of hydrogen-bond acceptors (Lipinski definition) is 5. The fraction of sp³-hybridized carbons (Fsp3) is 0.462. The fourth-order valence-corrected chi connectivity index (χ4v) is 4.04. The van der Waals surface area contributed by atoms with E-state index in [0.29, 0.717) is 5.95 Å². The number of anilines is 1. The van der Waals surface area contributed by atoms with E-state index in [-0.39, 0.29) is 11.5 Å². The highest BCUT2D eigenvalue weighted by molar-refractivity contribution is 5.76. The Morgan fingerprint density at radius 2 is 1.91 bits per heavy atom. The van der Waals surface area contributed by atoms with E-state index in [1.807, 2.05) is 30.5 Å². The number of nitrogens with zero attached hydrogens (tertiary/aromatic N) is 6. The minimum atomic E-state index is 0.0994. The van der Waals surface area contributed by atoms with E-state index in [1.54, 1.807) is 0 Å². The minimum Gasteiger partial charge on any atom is -0.354 e. The molecule has 0 saturated carbocycles. The SMILES string of the molecule is Cc1ccc(C(C)(C)C)cc1Cc1nc(NCCc2cnn(C)c2)nc2ncn(C(C)C)c12. The van der Waals surface area contributed by atoms with Gasteiger partial charge < -0.3 is 9.88 Å². The van der Waals surface area contributed by atoms with Gasteiger partial charge >= 0.3 is 0 Å². The molecule has 0 saturated heterocycles. The lowest BCUT2D eigenvalue weighted by molar-refractivity contribution is 0.589. The Morgan fingerprint density at radius 3 is 2.58 bits per heavy atom. The number of imidazole rings is 1. The van der Waals surface area contributed by atoms with Crippen LogP contribution in [0.25, 0.3) is 11.2 Å². The maximum atomic E-state index is 4.98. The Hall–Kier alpha value is -3.22. The summed E-state index contributed by atoms with van der Waals surface area (Å²) >= 11 is 0. The van der Waals surface area contributed by atoms with Gasteiger partial charge in [-0.15, -0.1) is 0 Å². The first-order valence-electron chi connectivity index (χ1n) is 11.7. The standard InChI is InChI=1S/C26H35N7/c1-17(2)33-16-28-24-23(33)22(13-20-12-21(26(4,5)6)9-8-18(20)3)30-25(31-24)27-11-10-19-14-29-32(7)15-19/h8-9,12,14-17H,10-11,13H2,1-7H3,(H,27,30,31). The highest BCUT2D eigenvalue weighted by Gasteiger charge is 2.19. The lowest BCUT2D eigenvalue weighted by Gasteiger charge is -2.21. The number of benzene rings is 1. The molecule has 0 fully saturated rings. The monoisotopic (exact) mass is 445 g/mol. The second-order valence-corrected chi connectivity index (χ2v) is 10.2. The summed E-state index contributed by atoms with van der Waals surface area (Å²) in [6.45, 7) is 14.0. The summed E-state index contributed by atoms with van der Waals surface area (Å²) in [5.41, 5.74) is 7.94. The predicted octanol–water partition coefficient (Wildman–Crippen LogP) is 4.99. The van der Waals surface area contributed by atoms with Crippen LogP contribution in [-0.2, 0) is 25.3 Å². The van der Waals surface area contributed by atoms with Gasteiger partial charge in [-0.2, -0.15) is 10.1 Å². The normalized spacial score (nSPS) is 12.1. The molecule has 0 atom stereocenters. The largest absolute Gasteiger partial charge is 0.354 e. The zero-order chi connectivity index (χ0) is 23.8. The van der Waals surface area contributed by atoms with Crippen LogP contribution in [0, 0.1) is 6.92 Å². The van der Waals surface area contributed by atoms with Gasteiger partial charge in [-0.05, 0) is 54.9 Å². The van der Waals surface area contributed by atoms with Gasteiger partial charge in [0.15, 0.2) is 5.65 Å². The first-order chi connectivity index (χ1) is 15.6. The van der Waals surface area contributed by atoms with Gasteiger partial charge in [0, 0.05) is 32.3 Å². The number of fused-ring (bicyclic) bond motifs is 1. The average Bonchev–Trinajstić information content (AvgIpc) is 3.35. The Kier molecular flexibility index (Phi) is 6.23. The van der Waals surface area contributed by atoms with E-state index in [0.717, 1.165) is 36.2 Å². The van der Waals surface area contributed by atoms with Crippen LogP contribution in [0.1, 0.15) is 68.6 Å². The average molecular weight is 446 g/mol. The molecule has 0 unspecified atom stereocenters. The number of aryl methyl sites for hydroxylation is 2. The van der Waals surface area contributed by atoms with Crippen molar-refractivity contribution in [3.05, 3.63) is 64.9 Å². The van der Waals surface area contributed by atoms with Crippen LogP contribution in [0.2, 0.25) is 0 Å². The summed E-state index contributed by atoms with van der Waals surface area (Å²) in [5, 5.41) is 7.64. The van der Waals surface area contributed by atoms with Crippen LogP contribution in [0.3, 0.4) is 0 Å². The summed E-state index contributed by atoms with van der Waals surface area (Å²) < 4.78 is 4.00. The van der Waals surface area contributed by atoms with Crippen LogP contribution in [0.5, 0.6) is 0 Å². The third-order valence-corrected chi connectivity index (χ3v) is 6.08. The van der Waals surface area contributed by atoms with Crippen LogP contribution < -0.4 is 5.32 Å². The molecule has 7 heteroatoms. The molecule has 4 aromatic rings. The molecule has 3 aromatic heterocycles. The van der Waals surface area contributed by atoms with Crippen molar-refractivity contribution < 1.29 is 0 Å². The lowest BCUT2D eigenvalue weighted by Crippen LogP contribution is -2.13. The van der Waals surface area contributed by atoms with Gasteiger partial charge in [-0.25, -0.2) is 9.97 Å². The Balaban J connectivity index is 1.68. The van der Waals surface area contributed by atoms with E-state index >= 15 is 0 Å². The van der Waals surface area contributed by atoms with Crippen molar-refractivity contribution in [1.29, 1.82) is 0 Å². The van der Waals surface area contributed by atoms with E-state index in [4.69, 9.17) is 9.97 Å². The van der Waals surface area contributed by atoms with Gasteiger partial charge in [0.2, 0.25) is 5.95 Å². The Bertz CT molecular complexity index is 1260. The summed E-state index contributed by atoms with van der Waals surface area (Å²) in [7, 11) is 1.93. The fourth-order valence-electron chi connectivity index (χ4n) is 4.04. The second kappa shape index (κ2) is 8.96. The van der Waals surface area contributed by atoms with Crippen LogP contribution >= 0.6 is 0 Å². The van der Waals surface area contributed by atoms with Crippen LogP contribution in [-0.4, -0.2) is 35.8 Å². The van der Waals surface area contributed by atoms with Crippen molar-refractivity contribution in [1.82, 2.24) is 29.3 Å².